The van der Waals surface area contributed by atoms with Crippen LogP contribution in [0.2, 0.25) is 0 Å². The fraction of sp³-hybridized carbons (Fsp3) is 0.200. The molecule has 25 heavy (non-hydrogen) atoms. The van der Waals surface area contributed by atoms with Crippen LogP contribution in [0.5, 0.6) is 11.5 Å². The molecule has 0 spiro atoms. The van der Waals surface area contributed by atoms with Gasteiger partial charge in [0, 0.05) is 11.6 Å². The maximum absolute atomic E-state index is 12.4. The van der Waals surface area contributed by atoms with Crippen LogP contribution in [-0.2, 0) is 4.79 Å². The predicted octanol–water partition coefficient (Wildman–Crippen LogP) is 3.49. The molecule has 0 aliphatic heterocycles. The van der Waals surface area contributed by atoms with Crippen molar-refractivity contribution in [1.82, 2.24) is 5.32 Å². The molecule has 0 saturated heterocycles. The van der Waals surface area contributed by atoms with Gasteiger partial charge in [0.25, 0.3) is 5.91 Å². The summed E-state index contributed by atoms with van der Waals surface area (Å²) in [5.41, 5.74) is 1.60. The SMILES string of the molecule is COc1ccc(/C=C(\C#N)C(=O)N[C@H](C)c2ccccc2)c(OC)c1. The first-order valence-corrected chi connectivity index (χ1v) is 7.78. The number of hydrogen-bond acceptors (Lipinski definition) is 4. The minimum atomic E-state index is -0.434. The first-order valence-electron chi connectivity index (χ1n) is 7.78. The Kier molecular flexibility index (Phi) is 6.19. The molecule has 0 aliphatic rings. The molecule has 0 bridgehead atoms. The van der Waals surface area contributed by atoms with E-state index in [2.05, 4.69) is 5.32 Å². The predicted molar refractivity (Wildman–Crippen MR) is 96.1 cm³/mol. The lowest BCUT2D eigenvalue weighted by Crippen LogP contribution is -2.27. The highest BCUT2D eigenvalue weighted by molar-refractivity contribution is 6.02. The largest absolute Gasteiger partial charge is 0.497 e. The highest BCUT2D eigenvalue weighted by Gasteiger charge is 2.14. The van der Waals surface area contributed by atoms with Gasteiger partial charge >= 0.3 is 0 Å². The standard InChI is InChI=1S/C20H20N2O3/c1-14(15-7-5-4-6-8-15)22-20(23)17(13-21)11-16-9-10-18(24-2)12-19(16)25-3/h4-12,14H,1-3H3,(H,22,23)/b17-11+/t14-/m1/s1. The van der Waals surface area contributed by atoms with Crippen LogP contribution in [-0.4, -0.2) is 20.1 Å². The fourth-order valence-electron chi connectivity index (χ4n) is 2.34. The second kappa shape index (κ2) is 8.55. The molecule has 1 atom stereocenters. The number of amides is 1. The van der Waals surface area contributed by atoms with Gasteiger partial charge in [0.2, 0.25) is 0 Å². The zero-order valence-corrected chi connectivity index (χ0v) is 14.4. The van der Waals surface area contributed by atoms with E-state index in [4.69, 9.17) is 9.47 Å². The molecular formula is C20H20N2O3. The molecule has 0 saturated carbocycles. The van der Waals surface area contributed by atoms with E-state index < -0.39 is 5.91 Å². The lowest BCUT2D eigenvalue weighted by atomic mass is 10.1. The maximum Gasteiger partial charge on any atom is 0.262 e. The number of rotatable bonds is 6. The Balaban J connectivity index is 2.22. The Morgan fingerprint density at radius 1 is 1.16 bits per heavy atom. The van der Waals surface area contributed by atoms with Crippen LogP contribution in [0, 0.1) is 11.3 Å². The molecule has 0 radical (unpaired) electrons. The van der Waals surface area contributed by atoms with E-state index >= 15 is 0 Å². The molecule has 128 valence electrons. The molecule has 1 N–H and O–H groups in total. The molecule has 0 aromatic heterocycles. The molecule has 2 rings (SSSR count). The lowest BCUT2D eigenvalue weighted by molar-refractivity contribution is -0.117. The number of carbonyl (C=O) groups excluding carboxylic acids is 1. The number of ether oxygens (including phenoxy) is 2. The molecule has 0 heterocycles. The van der Waals surface area contributed by atoms with Crippen LogP contribution in [0.25, 0.3) is 6.08 Å². The van der Waals surface area contributed by atoms with Gasteiger partial charge in [-0.3, -0.25) is 4.79 Å². The van der Waals surface area contributed by atoms with Gasteiger partial charge in [-0.2, -0.15) is 5.26 Å². The molecule has 1 amide bonds. The highest BCUT2D eigenvalue weighted by atomic mass is 16.5. The minimum absolute atomic E-state index is 0.00579. The topological polar surface area (TPSA) is 71.3 Å². The van der Waals surface area contributed by atoms with E-state index in [0.29, 0.717) is 17.1 Å². The molecule has 0 aliphatic carbocycles. The Bertz CT molecular complexity index is 807. The Hall–Kier alpha value is -3.26. The van der Waals surface area contributed by atoms with Crippen LogP contribution < -0.4 is 14.8 Å². The average molecular weight is 336 g/mol. The number of nitrogens with one attached hydrogen (secondary N) is 1. The van der Waals surface area contributed by atoms with E-state index in [-0.39, 0.29) is 11.6 Å². The lowest BCUT2D eigenvalue weighted by Gasteiger charge is -2.14. The van der Waals surface area contributed by atoms with Crippen LogP contribution in [0.4, 0.5) is 0 Å². The summed E-state index contributed by atoms with van der Waals surface area (Å²) in [6.07, 6.45) is 1.51. The van der Waals surface area contributed by atoms with E-state index in [1.54, 1.807) is 25.3 Å². The number of hydrogen-bond donors (Lipinski definition) is 1. The number of carbonyl (C=O) groups is 1. The molecule has 2 aromatic rings. The maximum atomic E-state index is 12.4. The average Bonchev–Trinajstić information content (AvgIpc) is 2.66. The summed E-state index contributed by atoms with van der Waals surface area (Å²) in [5.74, 6) is 0.724. The fourth-order valence-corrected chi connectivity index (χ4v) is 2.34. The Morgan fingerprint density at radius 2 is 1.88 bits per heavy atom. The first-order chi connectivity index (χ1) is 12.1. The number of methoxy groups -OCH3 is 2. The number of nitriles is 1. The monoisotopic (exact) mass is 336 g/mol. The van der Waals surface area contributed by atoms with Gasteiger partial charge in [0.1, 0.15) is 23.1 Å². The molecule has 5 nitrogen and oxygen atoms in total. The third kappa shape index (κ3) is 4.61. The van der Waals surface area contributed by atoms with Crippen molar-refractivity contribution in [2.75, 3.05) is 14.2 Å². The molecular weight excluding hydrogens is 316 g/mol. The van der Waals surface area contributed by atoms with Gasteiger partial charge in [0.05, 0.1) is 20.3 Å². The van der Waals surface area contributed by atoms with E-state index in [0.717, 1.165) is 5.56 Å². The highest BCUT2D eigenvalue weighted by Crippen LogP contribution is 2.26. The third-order valence-corrected chi connectivity index (χ3v) is 3.75. The number of nitrogens with zero attached hydrogens (tertiary/aromatic N) is 1. The van der Waals surface area contributed by atoms with Gasteiger partial charge in [0.15, 0.2) is 0 Å². The van der Waals surface area contributed by atoms with Crippen molar-refractivity contribution < 1.29 is 14.3 Å². The van der Waals surface area contributed by atoms with Gasteiger partial charge in [-0.25, -0.2) is 0 Å². The summed E-state index contributed by atoms with van der Waals surface area (Å²) in [6.45, 7) is 1.87. The Morgan fingerprint density at radius 3 is 2.48 bits per heavy atom. The van der Waals surface area contributed by atoms with Crippen molar-refractivity contribution in [3.8, 4) is 17.6 Å². The molecule has 0 fully saturated rings. The molecule has 0 unspecified atom stereocenters. The van der Waals surface area contributed by atoms with Gasteiger partial charge in [-0.1, -0.05) is 30.3 Å². The van der Waals surface area contributed by atoms with Crippen LogP contribution >= 0.6 is 0 Å². The van der Waals surface area contributed by atoms with Gasteiger partial charge in [-0.05, 0) is 30.7 Å². The van der Waals surface area contributed by atoms with Crippen molar-refractivity contribution in [3.63, 3.8) is 0 Å². The summed E-state index contributed by atoms with van der Waals surface area (Å²) in [7, 11) is 3.08. The normalized spacial score (nSPS) is 12.0. The van der Waals surface area contributed by atoms with Crippen LogP contribution in [0.1, 0.15) is 24.1 Å². The summed E-state index contributed by atoms with van der Waals surface area (Å²) in [4.78, 5) is 12.4. The van der Waals surface area contributed by atoms with Crippen molar-refractivity contribution >= 4 is 12.0 Å². The van der Waals surface area contributed by atoms with Crippen molar-refractivity contribution in [3.05, 3.63) is 65.2 Å². The van der Waals surface area contributed by atoms with E-state index in [9.17, 15) is 10.1 Å². The van der Waals surface area contributed by atoms with Gasteiger partial charge < -0.3 is 14.8 Å². The van der Waals surface area contributed by atoms with E-state index in [1.165, 1.54) is 13.2 Å². The van der Waals surface area contributed by atoms with Gasteiger partial charge in [-0.15, -0.1) is 0 Å². The molecule has 2 aromatic carbocycles. The minimum Gasteiger partial charge on any atom is -0.497 e. The van der Waals surface area contributed by atoms with Crippen LogP contribution in [0.3, 0.4) is 0 Å². The summed E-state index contributed by atoms with van der Waals surface area (Å²) in [5, 5.41) is 12.2. The Labute approximate surface area is 147 Å². The zero-order chi connectivity index (χ0) is 18.2. The van der Waals surface area contributed by atoms with Crippen molar-refractivity contribution in [1.29, 1.82) is 5.26 Å². The summed E-state index contributed by atoms with van der Waals surface area (Å²) >= 11 is 0. The molecule has 5 heteroatoms. The smallest absolute Gasteiger partial charge is 0.262 e. The van der Waals surface area contributed by atoms with Crippen molar-refractivity contribution in [2.45, 2.75) is 13.0 Å². The van der Waals surface area contributed by atoms with Crippen LogP contribution in [0.15, 0.2) is 54.1 Å². The second-order valence-electron chi connectivity index (χ2n) is 5.38. The summed E-state index contributed by atoms with van der Waals surface area (Å²) in [6, 6.07) is 16.5. The van der Waals surface area contributed by atoms with Crippen molar-refractivity contribution in [2.24, 2.45) is 0 Å². The van der Waals surface area contributed by atoms with E-state index in [1.807, 2.05) is 43.3 Å². The quantitative estimate of drug-likeness (QED) is 0.647. The number of benzene rings is 2. The third-order valence-electron chi connectivity index (χ3n) is 3.75. The second-order valence-corrected chi connectivity index (χ2v) is 5.38. The first kappa shape index (κ1) is 18.1. The summed E-state index contributed by atoms with van der Waals surface area (Å²) < 4.78 is 10.4. The zero-order valence-electron chi connectivity index (χ0n) is 14.4.